The average Bonchev–Trinajstić information content (AvgIpc) is 3.11. The first kappa shape index (κ1) is 40.2. The summed E-state index contributed by atoms with van der Waals surface area (Å²) in [6.07, 6.45) is -6.79. The fraction of sp³-hybridized carbons (Fsp3) is 0.316. The van der Waals surface area contributed by atoms with Crippen LogP contribution in [0.4, 0.5) is 0 Å². The van der Waals surface area contributed by atoms with Crippen molar-refractivity contribution in [2.24, 2.45) is 0 Å². The molecule has 4 aromatic rings. The number of hydrogen-bond acceptors (Lipinski definition) is 14. The fourth-order valence-corrected chi connectivity index (χ4v) is 5.73. The largest absolute Gasteiger partial charge is 0.496 e. The van der Waals surface area contributed by atoms with Gasteiger partial charge in [0.2, 0.25) is 0 Å². The van der Waals surface area contributed by atoms with Crippen molar-refractivity contribution < 1.29 is 76.9 Å². The number of fused-ring (bicyclic) bond motifs is 2. The molecule has 0 fully saturated rings. The normalized spacial score (nSPS) is 13.1. The van der Waals surface area contributed by atoms with Gasteiger partial charge in [0, 0.05) is 38.5 Å². The zero-order valence-corrected chi connectivity index (χ0v) is 30.1. The number of aromatic carboxylic acids is 2. The third kappa shape index (κ3) is 9.84. The number of carboxylic acids is 2. The Labute approximate surface area is 308 Å². The first-order valence-electron chi connectivity index (χ1n) is 16.3. The van der Waals surface area contributed by atoms with E-state index >= 15 is 0 Å². The van der Waals surface area contributed by atoms with Crippen LogP contribution in [0.2, 0.25) is 0 Å². The van der Waals surface area contributed by atoms with Gasteiger partial charge in [-0.15, -0.1) is 0 Å². The monoisotopic (exact) mass is 750 g/mol. The molecule has 54 heavy (non-hydrogen) atoms. The van der Waals surface area contributed by atoms with Crippen molar-refractivity contribution in [3.8, 4) is 23.0 Å². The molecule has 4 atom stereocenters. The summed E-state index contributed by atoms with van der Waals surface area (Å²) < 4.78 is 44.6. The number of esters is 4. The van der Waals surface area contributed by atoms with E-state index in [2.05, 4.69) is 0 Å². The van der Waals surface area contributed by atoms with Crippen molar-refractivity contribution in [3.05, 3.63) is 71.8 Å². The summed E-state index contributed by atoms with van der Waals surface area (Å²) >= 11 is 0. The van der Waals surface area contributed by atoms with Gasteiger partial charge in [0.25, 0.3) is 0 Å². The SMILES string of the molecule is COc1cccc2cc(OC[C@H](OC(C)=O)[C@@H](OC(C)=O)[C@@H](OC(C)=O)[C@@H](COc3cc4cccc(OC)c4cc3C(=O)O)OC(C)=O)c(C(=O)O)cc12. The molecule has 0 aliphatic rings. The van der Waals surface area contributed by atoms with Crippen molar-refractivity contribution in [1.29, 1.82) is 0 Å². The first-order chi connectivity index (χ1) is 25.6. The zero-order valence-electron chi connectivity index (χ0n) is 30.1. The molecule has 16 nitrogen and oxygen atoms in total. The van der Waals surface area contributed by atoms with Crippen molar-refractivity contribution in [2.45, 2.75) is 52.1 Å². The van der Waals surface area contributed by atoms with Crippen LogP contribution in [0.25, 0.3) is 21.5 Å². The van der Waals surface area contributed by atoms with E-state index in [4.69, 9.17) is 37.9 Å². The molecule has 0 radical (unpaired) electrons. The van der Waals surface area contributed by atoms with Crippen LogP contribution in [0.3, 0.4) is 0 Å². The predicted octanol–water partition coefficient (Wildman–Crippen LogP) is 4.59. The Kier molecular flexibility index (Phi) is 13.2. The van der Waals surface area contributed by atoms with Gasteiger partial charge in [-0.3, -0.25) is 19.2 Å². The van der Waals surface area contributed by atoms with Gasteiger partial charge in [0.1, 0.15) is 47.3 Å². The lowest BCUT2D eigenvalue weighted by Gasteiger charge is -2.35. The van der Waals surface area contributed by atoms with Crippen LogP contribution >= 0.6 is 0 Å². The Balaban J connectivity index is 1.77. The highest BCUT2D eigenvalue weighted by molar-refractivity contribution is 6.00. The first-order valence-corrected chi connectivity index (χ1v) is 16.3. The number of methoxy groups -OCH3 is 2. The fourth-order valence-electron chi connectivity index (χ4n) is 5.73. The van der Waals surface area contributed by atoms with Crippen LogP contribution in [-0.2, 0) is 38.1 Å². The maximum atomic E-state index is 12.5. The topological polar surface area (TPSA) is 217 Å². The third-order valence-corrected chi connectivity index (χ3v) is 7.88. The van der Waals surface area contributed by atoms with E-state index in [0.717, 1.165) is 27.7 Å². The molecule has 0 spiro atoms. The van der Waals surface area contributed by atoms with E-state index in [9.17, 15) is 39.0 Å². The van der Waals surface area contributed by atoms with Gasteiger partial charge in [0.15, 0.2) is 24.4 Å². The molecule has 0 aromatic heterocycles. The van der Waals surface area contributed by atoms with Crippen molar-refractivity contribution in [2.75, 3.05) is 27.4 Å². The number of carboxylic acid groups (broad SMARTS) is 2. The maximum absolute atomic E-state index is 12.5. The second-order valence-electron chi connectivity index (χ2n) is 11.7. The molecule has 0 heterocycles. The molecule has 0 saturated heterocycles. The molecule has 16 heteroatoms. The molecule has 286 valence electrons. The summed E-state index contributed by atoms with van der Waals surface area (Å²) in [5, 5.41) is 22.1. The third-order valence-electron chi connectivity index (χ3n) is 7.88. The Morgan fingerprint density at radius 3 is 1.17 bits per heavy atom. The summed E-state index contributed by atoms with van der Waals surface area (Å²) in [5.41, 5.74) is -0.579. The van der Waals surface area contributed by atoms with E-state index in [1.54, 1.807) is 36.4 Å². The van der Waals surface area contributed by atoms with Gasteiger partial charge in [-0.25, -0.2) is 9.59 Å². The standard InChI is InChI=1S/C38H38O16/c1-19(39)51-33(17-49-31-13-23-9-7-11-29(47-5)25(23)15-27(31)37(43)44)35(53-21(3)41)36(54-22(4)42)34(52-20(2)40)18-50-32-14-24-10-8-12-30(48-6)26(24)16-28(32)38(45)46/h7-16,33-36H,17-18H2,1-6H3,(H,43,44)(H,45,46)/t33-,34+,35+,36-. The van der Waals surface area contributed by atoms with Crippen molar-refractivity contribution in [1.82, 2.24) is 0 Å². The minimum absolute atomic E-state index is 0.167. The van der Waals surface area contributed by atoms with Gasteiger partial charge in [-0.05, 0) is 47.2 Å². The van der Waals surface area contributed by atoms with Gasteiger partial charge < -0.3 is 48.1 Å². The number of ether oxygens (including phenoxy) is 8. The van der Waals surface area contributed by atoms with Crippen LogP contribution in [-0.4, -0.2) is 97.9 Å². The maximum Gasteiger partial charge on any atom is 0.339 e. The molecule has 0 saturated carbocycles. The van der Waals surface area contributed by atoms with E-state index in [-0.39, 0.29) is 22.6 Å². The predicted molar refractivity (Wildman–Crippen MR) is 188 cm³/mol. The number of hydrogen-bond donors (Lipinski definition) is 2. The summed E-state index contributed by atoms with van der Waals surface area (Å²) in [6.45, 7) is 2.77. The van der Waals surface area contributed by atoms with Gasteiger partial charge in [0.05, 0.1) is 14.2 Å². The molecular weight excluding hydrogens is 712 g/mol. The van der Waals surface area contributed by atoms with E-state index in [1.165, 1.54) is 38.5 Å². The highest BCUT2D eigenvalue weighted by atomic mass is 16.6. The average molecular weight is 751 g/mol. The van der Waals surface area contributed by atoms with Gasteiger partial charge in [-0.2, -0.15) is 0 Å². The molecule has 0 bridgehead atoms. The molecule has 0 unspecified atom stereocenters. The van der Waals surface area contributed by atoms with E-state index in [1.807, 2.05) is 0 Å². The number of carbonyl (C=O) groups excluding carboxylic acids is 4. The van der Waals surface area contributed by atoms with E-state index < -0.39 is 73.4 Å². The molecule has 2 N–H and O–H groups in total. The molecule has 4 rings (SSSR count). The van der Waals surface area contributed by atoms with Crippen LogP contribution < -0.4 is 18.9 Å². The summed E-state index contributed by atoms with van der Waals surface area (Å²) in [5.74, 6) is -5.96. The Morgan fingerprint density at radius 2 is 0.870 bits per heavy atom. The van der Waals surface area contributed by atoms with Gasteiger partial charge >= 0.3 is 35.8 Å². The number of carbonyl (C=O) groups is 6. The lowest BCUT2D eigenvalue weighted by molar-refractivity contribution is -0.202. The molecule has 4 aromatic carbocycles. The minimum Gasteiger partial charge on any atom is -0.496 e. The van der Waals surface area contributed by atoms with Crippen LogP contribution in [0, 0.1) is 0 Å². The summed E-state index contributed by atoms with van der Waals surface area (Å²) in [7, 11) is 2.85. The van der Waals surface area contributed by atoms with Crippen LogP contribution in [0.5, 0.6) is 23.0 Å². The quantitative estimate of drug-likeness (QED) is 0.111. The summed E-state index contributed by atoms with van der Waals surface area (Å²) in [6, 6.07) is 15.5. The Hall–Kier alpha value is -6.58. The molecule has 0 amide bonds. The lowest BCUT2D eigenvalue weighted by atomic mass is 10.0. The smallest absolute Gasteiger partial charge is 0.339 e. The highest BCUT2D eigenvalue weighted by Crippen LogP contribution is 2.34. The minimum atomic E-state index is -1.77. The van der Waals surface area contributed by atoms with Gasteiger partial charge in [-0.1, -0.05) is 24.3 Å². The van der Waals surface area contributed by atoms with Crippen molar-refractivity contribution in [3.63, 3.8) is 0 Å². The summed E-state index contributed by atoms with van der Waals surface area (Å²) in [4.78, 5) is 74.5. The Morgan fingerprint density at radius 1 is 0.519 bits per heavy atom. The lowest BCUT2D eigenvalue weighted by Crippen LogP contribution is -2.54. The van der Waals surface area contributed by atoms with Crippen LogP contribution in [0.15, 0.2) is 60.7 Å². The second-order valence-corrected chi connectivity index (χ2v) is 11.7. The molecular formula is C38H38O16. The zero-order chi connectivity index (χ0) is 39.7. The van der Waals surface area contributed by atoms with Crippen LogP contribution in [0.1, 0.15) is 48.4 Å². The second kappa shape index (κ2) is 17.8. The molecule has 0 aliphatic heterocycles. The number of benzene rings is 4. The van der Waals surface area contributed by atoms with Crippen molar-refractivity contribution >= 4 is 57.4 Å². The highest BCUT2D eigenvalue weighted by Gasteiger charge is 2.44. The number of rotatable bonds is 17. The molecule has 0 aliphatic carbocycles. The Bertz CT molecular complexity index is 1920. The van der Waals surface area contributed by atoms with E-state index in [0.29, 0.717) is 33.0 Å².